The van der Waals surface area contributed by atoms with E-state index in [4.69, 9.17) is 0 Å². The van der Waals surface area contributed by atoms with Gasteiger partial charge in [-0.15, -0.1) is 0 Å². The smallest absolute Gasteiger partial charge is 0.315 e. The van der Waals surface area contributed by atoms with E-state index < -0.39 is 5.54 Å². The van der Waals surface area contributed by atoms with Crippen molar-refractivity contribution in [3.63, 3.8) is 0 Å². The summed E-state index contributed by atoms with van der Waals surface area (Å²) in [6.45, 7) is 10.4. The molecule has 1 heterocycles. The summed E-state index contributed by atoms with van der Waals surface area (Å²) in [7, 11) is 0. The molecule has 1 saturated heterocycles. The lowest BCUT2D eigenvalue weighted by molar-refractivity contribution is 0.162. The van der Waals surface area contributed by atoms with Crippen LogP contribution in [0.15, 0.2) is 0 Å². The highest BCUT2D eigenvalue weighted by molar-refractivity contribution is 5.74. The zero-order valence-electron chi connectivity index (χ0n) is 14.0. The van der Waals surface area contributed by atoms with Crippen LogP contribution in [0.25, 0.3) is 0 Å². The van der Waals surface area contributed by atoms with Gasteiger partial charge in [0.2, 0.25) is 0 Å². The van der Waals surface area contributed by atoms with Crippen LogP contribution in [-0.2, 0) is 0 Å². The molecule has 0 spiro atoms. The maximum atomic E-state index is 11.9. The van der Waals surface area contributed by atoms with Gasteiger partial charge in [-0.2, -0.15) is 0 Å². The van der Waals surface area contributed by atoms with Gasteiger partial charge in [0.05, 0.1) is 12.1 Å². The number of hydrogen-bond acceptors (Lipinski definition) is 3. The van der Waals surface area contributed by atoms with E-state index in [0.717, 1.165) is 38.3 Å². The number of rotatable bonds is 8. The molecule has 0 aromatic heterocycles. The van der Waals surface area contributed by atoms with Gasteiger partial charge in [0.15, 0.2) is 0 Å². The number of carbonyl (C=O) groups is 1. The maximum Gasteiger partial charge on any atom is 0.315 e. The van der Waals surface area contributed by atoms with Gasteiger partial charge in [0.1, 0.15) is 0 Å². The zero-order valence-corrected chi connectivity index (χ0v) is 14.0. The predicted molar refractivity (Wildman–Crippen MR) is 86.4 cm³/mol. The van der Waals surface area contributed by atoms with Crippen molar-refractivity contribution in [2.75, 3.05) is 32.8 Å². The standard InChI is InChI=1S/C16H33N3O2/c1-4-9-16(3,13-20)18-15(21)17-10-6-14-7-11-19(5-2)12-8-14/h14,20H,4-13H2,1-3H3,(H2,17,18,21). The summed E-state index contributed by atoms with van der Waals surface area (Å²) in [4.78, 5) is 14.4. The summed E-state index contributed by atoms with van der Waals surface area (Å²) in [5.74, 6) is 0.730. The molecule has 5 nitrogen and oxygen atoms in total. The minimum absolute atomic E-state index is 0.0241. The Labute approximate surface area is 129 Å². The number of urea groups is 1. The van der Waals surface area contributed by atoms with Gasteiger partial charge in [-0.05, 0) is 58.2 Å². The van der Waals surface area contributed by atoms with Crippen molar-refractivity contribution in [2.45, 2.75) is 58.4 Å². The summed E-state index contributed by atoms with van der Waals surface area (Å²) in [6, 6.07) is -0.161. The Hall–Kier alpha value is -0.810. The van der Waals surface area contributed by atoms with Crippen LogP contribution < -0.4 is 10.6 Å². The molecular formula is C16H33N3O2. The van der Waals surface area contributed by atoms with Crippen LogP contribution in [0.3, 0.4) is 0 Å². The highest BCUT2D eigenvalue weighted by atomic mass is 16.3. The summed E-state index contributed by atoms with van der Waals surface area (Å²) in [6.07, 6.45) is 5.25. The van der Waals surface area contributed by atoms with Crippen LogP contribution in [0.5, 0.6) is 0 Å². The Kier molecular flexibility index (Phi) is 8.04. The highest BCUT2D eigenvalue weighted by Gasteiger charge is 2.24. The molecule has 1 atom stereocenters. The molecule has 124 valence electrons. The number of aliphatic hydroxyl groups excluding tert-OH is 1. The molecule has 1 fully saturated rings. The molecule has 0 bridgehead atoms. The molecule has 21 heavy (non-hydrogen) atoms. The first kappa shape index (κ1) is 18.2. The topological polar surface area (TPSA) is 64.6 Å². The lowest BCUT2D eigenvalue weighted by atomic mass is 9.93. The Bertz CT molecular complexity index is 304. The molecule has 1 aliphatic rings. The lowest BCUT2D eigenvalue weighted by Crippen LogP contribution is -2.52. The first-order valence-corrected chi connectivity index (χ1v) is 8.42. The van der Waals surface area contributed by atoms with E-state index in [2.05, 4.69) is 29.4 Å². The van der Waals surface area contributed by atoms with E-state index in [9.17, 15) is 9.90 Å². The van der Waals surface area contributed by atoms with Gasteiger partial charge in [-0.3, -0.25) is 0 Å². The predicted octanol–water partition coefficient (Wildman–Crippen LogP) is 1.96. The number of nitrogens with one attached hydrogen (secondary N) is 2. The third-order valence-corrected chi connectivity index (χ3v) is 4.56. The molecule has 0 aromatic rings. The SMILES string of the molecule is CCCC(C)(CO)NC(=O)NCCC1CCN(CC)CC1. The van der Waals surface area contributed by atoms with Crippen molar-refractivity contribution < 1.29 is 9.90 Å². The van der Waals surface area contributed by atoms with E-state index in [0.29, 0.717) is 0 Å². The molecule has 0 aliphatic carbocycles. The molecule has 0 saturated carbocycles. The fraction of sp³-hybridized carbons (Fsp3) is 0.938. The Balaban J connectivity index is 2.19. The van der Waals surface area contributed by atoms with E-state index in [-0.39, 0.29) is 12.6 Å². The normalized spacial score (nSPS) is 20.0. The molecule has 1 unspecified atom stereocenters. The largest absolute Gasteiger partial charge is 0.394 e. The van der Waals surface area contributed by atoms with Crippen LogP contribution in [-0.4, -0.2) is 54.4 Å². The number of likely N-dealkylation sites (tertiary alicyclic amines) is 1. The quantitative estimate of drug-likeness (QED) is 0.642. The number of carbonyl (C=O) groups excluding carboxylic acids is 1. The minimum atomic E-state index is -0.509. The van der Waals surface area contributed by atoms with E-state index in [1.54, 1.807) is 0 Å². The summed E-state index contributed by atoms with van der Waals surface area (Å²) in [5, 5.41) is 15.2. The van der Waals surface area contributed by atoms with Gasteiger partial charge in [0, 0.05) is 6.54 Å². The van der Waals surface area contributed by atoms with Crippen LogP contribution in [0, 0.1) is 5.92 Å². The van der Waals surface area contributed by atoms with Crippen LogP contribution in [0.4, 0.5) is 4.79 Å². The van der Waals surface area contributed by atoms with E-state index in [1.165, 1.54) is 25.9 Å². The first-order valence-electron chi connectivity index (χ1n) is 8.42. The average molecular weight is 299 g/mol. The van der Waals surface area contributed by atoms with Gasteiger partial charge in [-0.1, -0.05) is 20.3 Å². The second-order valence-electron chi connectivity index (χ2n) is 6.52. The monoisotopic (exact) mass is 299 g/mol. The van der Waals surface area contributed by atoms with Crippen molar-refractivity contribution in [1.82, 2.24) is 15.5 Å². The van der Waals surface area contributed by atoms with Crippen LogP contribution >= 0.6 is 0 Å². The Morgan fingerprint density at radius 2 is 2.00 bits per heavy atom. The summed E-state index contributed by atoms with van der Waals surface area (Å²) < 4.78 is 0. The minimum Gasteiger partial charge on any atom is -0.394 e. The fourth-order valence-electron chi connectivity index (χ4n) is 3.03. The number of hydrogen-bond donors (Lipinski definition) is 3. The van der Waals surface area contributed by atoms with Crippen molar-refractivity contribution in [3.8, 4) is 0 Å². The van der Waals surface area contributed by atoms with Crippen LogP contribution in [0.1, 0.15) is 52.9 Å². The number of piperidine rings is 1. The molecule has 0 aromatic carbocycles. The van der Waals surface area contributed by atoms with Crippen molar-refractivity contribution in [3.05, 3.63) is 0 Å². The van der Waals surface area contributed by atoms with Crippen LogP contribution in [0.2, 0.25) is 0 Å². The molecule has 2 amide bonds. The van der Waals surface area contributed by atoms with Gasteiger partial charge in [0.25, 0.3) is 0 Å². The van der Waals surface area contributed by atoms with E-state index >= 15 is 0 Å². The summed E-state index contributed by atoms with van der Waals surface area (Å²) in [5.41, 5.74) is -0.509. The zero-order chi connectivity index (χ0) is 15.7. The molecule has 1 rings (SSSR count). The molecular weight excluding hydrogens is 266 g/mol. The van der Waals surface area contributed by atoms with Crippen molar-refractivity contribution >= 4 is 6.03 Å². The molecule has 3 N–H and O–H groups in total. The van der Waals surface area contributed by atoms with Crippen molar-refractivity contribution in [1.29, 1.82) is 0 Å². The Morgan fingerprint density at radius 1 is 1.33 bits per heavy atom. The van der Waals surface area contributed by atoms with E-state index in [1.807, 2.05) is 6.92 Å². The van der Waals surface area contributed by atoms with Gasteiger partial charge in [-0.25, -0.2) is 4.79 Å². The second kappa shape index (κ2) is 9.26. The fourth-order valence-corrected chi connectivity index (χ4v) is 3.03. The van der Waals surface area contributed by atoms with Gasteiger partial charge < -0.3 is 20.6 Å². The molecule has 1 aliphatic heterocycles. The van der Waals surface area contributed by atoms with Gasteiger partial charge >= 0.3 is 6.03 Å². The first-order chi connectivity index (χ1) is 10.0. The third-order valence-electron chi connectivity index (χ3n) is 4.56. The Morgan fingerprint density at radius 3 is 2.52 bits per heavy atom. The second-order valence-corrected chi connectivity index (χ2v) is 6.52. The third kappa shape index (κ3) is 6.66. The maximum absolute atomic E-state index is 11.9. The highest BCUT2D eigenvalue weighted by Crippen LogP contribution is 2.19. The number of amides is 2. The number of nitrogens with zero attached hydrogens (tertiary/aromatic N) is 1. The number of aliphatic hydroxyl groups is 1. The molecule has 5 heteroatoms. The van der Waals surface area contributed by atoms with Crippen molar-refractivity contribution in [2.24, 2.45) is 5.92 Å². The summed E-state index contributed by atoms with van der Waals surface area (Å²) >= 11 is 0. The lowest BCUT2D eigenvalue weighted by Gasteiger charge is -2.31. The molecule has 0 radical (unpaired) electrons. The average Bonchev–Trinajstić information content (AvgIpc) is 2.48.